The van der Waals surface area contributed by atoms with Gasteiger partial charge in [-0.2, -0.15) is 15.5 Å². The summed E-state index contributed by atoms with van der Waals surface area (Å²) in [6.07, 6.45) is 5.89. The molecule has 0 amide bonds. The van der Waals surface area contributed by atoms with Crippen LogP contribution in [0.2, 0.25) is 0 Å². The van der Waals surface area contributed by atoms with Crippen molar-refractivity contribution in [3.05, 3.63) is 41.9 Å². The molecule has 0 saturated carbocycles. The fourth-order valence-electron chi connectivity index (χ4n) is 2.73. The monoisotopic (exact) mass is 264 g/mol. The fraction of sp³-hybridized carbons (Fsp3) is 0.214. The van der Waals surface area contributed by atoms with Crippen molar-refractivity contribution >= 4 is 10.9 Å². The molecule has 0 spiro atoms. The van der Waals surface area contributed by atoms with Gasteiger partial charge in [-0.25, -0.2) is 4.68 Å². The summed E-state index contributed by atoms with van der Waals surface area (Å²) in [4.78, 5) is 1.73. The predicted molar refractivity (Wildman–Crippen MR) is 72.7 cm³/mol. The molecule has 6 nitrogen and oxygen atoms in total. The van der Waals surface area contributed by atoms with Crippen molar-refractivity contribution in [2.45, 2.75) is 13.1 Å². The van der Waals surface area contributed by atoms with E-state index in [1.54, 1.807) is 4.90 Å². The number of fused-ring (bicyclic) bond motifs is 2. The van der Waals surface area contributed by atoms with Crippen molar-refractivity contribution in [3.8, 4) is 11.9 Å². The molecular weight excluding hydrogens is 252 g/mol. The predicted octanol–water partition coefficient (Wildman–Crippen LogP) is 1.56. The average molecular weight is 264 g/mol. The number of hydrogen-bond donors (Lipinski definition) is 0. The zero-order valence-corrected chi connectivity index (χ0v) is 11.0. The van der Waals surface area contributed by atoms with Gasteiger partial charge in [0, 0.05) is 18.0 Å². The number of nitrogens with zero attached hydrogens (tertiary/aromatic N) is 6. The topological polar surface area (TPSA) is 62.7 Å². The van der Waals surface area contributed by atoms with Gasteiger partial charge < -0.3 is 4.90 Å². The van der Waals surface area contributed by atoms with Crippen molar-refractivity contribution in [2.75, 3.05) is 0 Å². The molecule has 6 heteroatoms. The fourth-order valence-corrected chi connectivity index (χ4v) is 2.73. The molecule has 0 N–H and O–H groups in total. The summed E-state index contributed by atoms with van der Waals surface area (Å²) >= 11 is 0. The second-order valence-corrected chi connectivity index (χ2v) is 5.00. The highest BCUT2D eigenvalue weighted by atomic mass is 15.3. The van der Waals surface area contributed by atoms with Gasteiger partial charge in [0.05, 0.1) is 42.4 Å². The second-order valence-electron chi connectivity index (χ2n) is 5.00. The Labute approximate surface area is 115 Å². The molecule has 4 rings (SSSR count). The average Bonchev–Trinajstić information content (AvgIpc) is 3.12. The van der Waals surface area contributed by atoms with Crippen molar-refractivity contribution < 1.29 is 0 Å². The smallest absolute Gasteiger partial charge is 0.180 e. The first-order chi connectivity index (χ1) is 9.76. The maximum atomic E-state index is 9.00. The van der Waals surface area contributed by atoms with E-state index in [0.29, 0.717) is 13.1 Å². The van der Waals surface area contributed by atoms with Crippen LogP contribution in [-0.4, -0.2) is 24.5 Å². The summed E-state index contributed by atoms with van der Waals surface area (Å²) in [5.41, 5.74) is 4.32. The highest BCUT2D eigenvalue weighted by Gasteiger charge is 2.23. The van der Waals surface area contributed by atoms with E-state index in [-0.39, 0.29) is 0 Å². The van der Waals surface area contributed by atoms with Crippen molar-refractivity contribution in [1.29, 1.82) is 5.26 Å². The summed E-state index contributed by atoms with van der Waals surface area (Å²) in [5.74, 6) is 0. The summed E-state index contributed by atoms with van der Waals surface area (Å²) in [5, 5.41) is 18.8. The van der Waals surface area contributed by atoms with Crippen LogP contribution in [0.1, 0.15) is 11.3 Å². The van der Waals surface area contributed by atoms with Crippen molar-refractivity contribution in [3.63, 3.8) is 0 Å². The summed E-state index contributed by atoms with van der Waals surface area (Å²) in [7, 11) is 1.93. The Balaban J connectivity index is 1.83. The highest BCUT2D eigenvalue weighted by molar-refractivity contribution is 5.80. The molecule has 0 saturated heterocycles. The van der Waals surface area contributed by atoms with Gasteiger partial charge in [-0.3, -0.25) is 4.68 Å². The van der Waals surface area contributed by atoms with Crippen LogP contribution in [0.25, 0.3) is 16.6 Å². The second kappa shape index (κ2) is 3.84. The zero-order valence-electron chi connectivity index (χ0n) is 11.0. The minimum absolute atomic E-state index is 0.622. The van der Waals surface area contributed by atoms with E-state index in [1.807, 2.05) is 40.9 Å². The first-order valence-corrected chi connectivity index (χ1v) is 6.39. The molecule has 1 aliphatic heterocycles. The number of aryl methyl sites for hydroxylation is 1. The van der Waals surface area contributed by atoms with Crippen LogP contribution >= 0.6 is 0 Å². The maximum Gasteiger partial charge on any atom is 0.180 e. The molecule has 3 heterocycles. The van der Waals surface area contributed by atoms with Crippen LogP contribution in [0.3, 0.4) is 0 Å². The Morgan fingerprint density at radius 3 is 2.95 bits per heavy atom. The third kappa shape index (κ3) is 1.43. The molecule has 0 bridgehead atoms. The SMILES string of the molecule is Cn1ncc2cc(-n3ncc4c3CN(C#N)C4)ccc21. The molecule has 0 aliphatic carbocycles. The number of rotatable bonds is 1. The van der Waals surface area contributed by atoms with E-state index in [9.17, 15) is 0 Å². The van der Waals surface area contributed by atoms with Gasteiger partial charge in [-0.05, 0) is 18.2 Å². The third-order valence-electron chi connectivity index (χ3n) is 3.77. The first kappa shape index (κ1) is 11.1. The number of benzene rings is 1. The van der Waals surface area contributed by atoms with E-state index in [4.69, 9.17) is 5.26 Å². The van der Waals surface area contributed by atoms with E-state index in [0.717, 1.165) is 27.8 Å². The molecule has 20 heavy (non-hydrogen) atoms. The van der Waals surface area contributed by atoms with Gasteiger partial charge in [-0.1, -0.05) is 0 Å². The largest absolute Gasteiger partial charge is 0.300 e. The molecular formula is C14H12N6. The maximum absolute atomic E-state index is 9.00. The molecule has 98 valence electrons. The molecule has 0 radical (unpaired) electrons. The van der Waals surface area contributed by atoms with Gasteiger partial charge in [0.2, 0.25) is 0 Å². The van der Waals surface area contributed by atoms with Crippen LogP contribution in [0, 0.1) is 11.5 Å². The first-order valence-electron chi connectivity index (χ1n) is 6.39. The number of hydrogen-bond acceptors (Lipinski definition) is 4. The molecule has 2 aromatic heterocycles. The van der Waals surface area contributed by atoms with Crippen LogP contribution in [0.15, 0.2) is 30.6 Å². The summed E-state index contributed by atoms with van der Waals surface area (Å²) < 4.78 is 3.77. The van der Waals surface area contributed by atoms with E-state index in [1.165, 1.54) is 0 Å². The third-order valence-corrected chi connectivity index (χ3v) is 3.77. The molecule has 1 aromatic carbocycles. The standard InChI is InChI=1S/C14H12N6/c1-18-13-3-2-12(4-10(13)5-16-18)20-14-8-19(9-15)7-11(14)6-17-20/h2-6H,7-8H2,1H3. The number of nitriles is 1. The quantitative estimate of drug-likeness (QED) is 0.626. The van der Waals surface area contributed by atoms with Crippen LogP contribution in [-0.2, 0) is 20.1 Å². The van der Waals surface area contributed by atoms with Crippen LogP contribution in [0.5, 0.6) is 0 Å². The van der Waals surface area contributed by atoms with Gasteiger partial charge in [0.15, 0.2) is 6.19 Å². The summed E-state index contributed by atoms with van der Waals surface area (Å²) in [6.45, 7) is 1.28. The highest BCUT2D eigenvalue weighted by Crippen LogP contribution is 2.25. The van der Waals surface area contributed by atoms with Gasteiger partial charge in [0.25, 0.3) is 0 Å². The lowest BCUT2D eigenvalue weighted by atomic mass is 10.2. The van der Waals surface area contributed by atoms with E-state index in [2.05, 4.69) is 22.5 Å². The summed E-state index contributed by atoms with van der Waals surface area (Å²) in [6, 6.07) is 6.15. The molecule has 3 aromatic rings. The minimum Gasteiger partial charge on any atom is -0.300 e. The van der Waals surface area contributed by atoms with Crippen molar-refractivity contribution in [1.82, 2.24) is 24.5 Å². The van der Waals surface area contributed by atoms with Gasteiger partial charge in [-0.15, -0.1) is 0 Å². The Hall–Kier alpha value is -2.81. The number of aromatic nitrogens is 4. The molecule has 0 unspecified atom stereocenters. The van der Waals surface area contributed by atoms with Crippen LogP contribution in [0.4, 0.5) is 0 Å². The lowest BCUT2D eigenvalue weighted by molar-refractivity contribution is 0.408. The molecule has 0 fully saturated rings. The zero-order chi connectivity index (χ0) is 13.7. The Morgan fingerprint density at radius 2 is 2.10 bits per heavy atom. The van der Waals surface area contributed by atoms with Gasteiger partial charge >= 0.3 is 0 Å². The lowest BCUT2D eigenvalue weighted by Crippen LogP contribution is -2.10. The minimum atomic E-state index is 0.622. The molecule has 0 atom stereocenters. The Morgan fingerprint density at radius 1 is 1.20 bits per heavy atom. The molecule has 1 aliphatic rings. The van der Waals surface area contributed by atoms with Crippen LogP contribution < -0.4 is 0 Å². The Kier molecular flexibility index (Phi) is 2.12. The van der Waals surface area contributed by atoms with Crippen molar-refractivity contribution in [2.24, 2.45) is 7.05 Å². The lowest BCUT2D eigenvalue weighted by Gasteiger charge is -2.08. The normalized spacial score (nSPS) is 13.7. The Bertz CT molecular complexity index is 850. The van der Waals surface area contributed by atoms with E-state index < -0.39 is 0 Å². The van der Waals surface area contributed by atoms with E-state index >= 15 is 0 Å². The van der Waals surface area contributed by atoms with Gasteiger partial charge in [0.1, 0.15) is 0 Å².